The molecule has 0 amide bonds. The summed E-state index contributed by atoms with van der Waals surface area (Å²) in [5.41, 5.74) is 1.13. The number of hydrogen-bond donors (Lipinski definition) is 2. The van der Waals surface area contributed by atoms with Crippen LogP contribution in [0.2, 0.25) is 0 Å². The number of piperidine rings is 2. The number of aliphatic hydroxyl groups is 1. The van der Waals surface area contributed by atoms with Crippen LogP contribution in [-0.4, -0.2) is 17.2 Å². The molecule has 2 fully saturated rings. The fraction of sp³-hybridized carbons (Fsp3) is 0.500. The molecule has 2 heterocycles. The van der Waals surface area contributed by atoms with Gasteiger partial charge in [-0.15, -0.1) is 6.42 Å². The third-order valence-electron chi connectivity index (χ3n) is 4.31. The Kier molecular flexibility index (Phi) is 2.89. The number of hydrogen-bond acceptors (Lipinski definition) is 2. The van der Waals surface area contributed by atoms with Gasteiger partial charge in [-0.05, 0) is 43.4 Å². The Morgan fingerprint density at radius 2 is 2.00 bits per heavy atom. The predicted octanol–water partition coefficient (Wildman–Crippen LogP) is 2.16. The van der Waals surface area contributed by atoms with Crippen molar-refractivity contribution >= 4 is 0 Å². The first-order valence-electron chi connectivity index (χ1n) is 6.75. The second-order valence-corrected chi connectivity index (χ2v) is 5.66. The average molecular weight is 241 g/mol. The van der Waals surface area contributed by atoms with Gasteiger partial charge in [0.15, 0.2) is 0 Å². The van der Waals surface area contributed by atoms with Gasteiger partial charge in [0.1, 0.15) is 0 Å². The molecule has 2 aliphatic rings. The minimum Gasteiger partial charge on any atom is -0.385 e. The summed E-state index contributed by atoms with van der Waals surface area (Å²) in [7, 11) is 0. The molecule has 2 saturated heterocycles. The van der Waals surface area contributed by atoms with E-state index in [0.717, 1.165) is 24.0 Å². The number of rotatable bonds is 1. The van der Waals surface area contributed by atoms with Gasteiger partial charge in [-0.3, -0.25) is 0 Å². The number of terminal acetylenes is 1. The van der Waals surface area contributed by atoms with Crippen LogP contribution in [0.4, 0.5) is 0 Å². The highest BCUT2D eigenvalue weighted by Gasteiger charge is 2.41. The van der Waals surface area contributed by atoms with Crippen molar-refractivity contribution in [1.29, 1.82) is 0 Å². The fourth-order valence-electron chi connectivity index (χ4n) is 3.47. The van der Waals surface area contributed by atoms with Crippen LogP contribution in [0.25, 0.3) is 0 Å². The van der Waals surface area contributed by atoms with E-state index in [4.69, 9.17) is 6.42 Å². The first kappa shape index (κ1) is 11.8. The van der Waals surface area contributed by atoms with Crippen LogP contribution in [0.3, 0.4) is 0 Å². The molecular formula is C16H19NO. The second kappa shape index (κ2) is 4.42. The SMILES string of the molecule is C#Cc1cccc(C2(O)CC3CCCC(C2)N3)c1. The molecule has 94 valence electrons. The maximum atomic E-state index is 11.0. The standard InChI is InChI=1S/C16H19NO/c1-2-12-5-3-6-13(9-12)16(18)10-14-7-4-8-15(11-16)17-14/h1,3,5-6,9,14-15,17-18H,4,7-8,10-11H2. The van der Waals surface area contributed by atoms with Gasteiger partial charge in [-0.1, -0.05) is 24.5 Å². The van der Waals surface area contributed by atoms with Crippen LogP contribution in [0, 0.1) is 12.3 Å². The molecule has 2 N–H and O–H groups in total. The predicted molar refractivity (Wildman–Crippen MR) is 72.1 cm³/mol. The van der Waals surface area contributed by atoms with Gasteiger partial charge in [0, 0.05) is 17.6 Å². The highest BCUT2D eigenvalue weighted by Crippen LogP contribution is 2.39. The van der Waals surface area contributed by atoms with Crippen molar-refractivity contribution in [2.75, 3.05) is 0 Å². The molecule has 18 heavy (non-hydrogen) atoms. The maximum absolute atomic E-state index is 11.0. The van der Waals surface area contributed by atoms with Crippen molar-refractivity contribution in [3.63, 3.8) is 0 Å². The van der Waals surface area contributed by atoms with Crippen LogP contribution in [-0.2, 0) is 5.60 Å². The molecule has 2 unspecified atom stereocenters. The lowest BCUT2D eigenvalue weighted by atomic mass is 9.74. The van der Waals surface area contributed by atoms with Crippen LogP contribution in [0.1, 0.15) is 43.2 Å². The lowest BCUT2D eigenvalue weighted by molar-refractivity contribution is -0.0358. The Morgan fingerprint density at radius 3 is 2.67 bits per heavy atom. The molecule has 0 aromatic heterocycles. The highest BCUT2D eigenvalue weighted by molar-refractivity contribution is 5.38. The lowest BCUT2D eigenvalue weighted by Gasteiger charge is -2.45. The van der Waals surface area contributed by atoms with E-state index in [1.807, 2.05) is 24.3 Å². The second-order valence-electron chi connectivity index (χ2n) is 5.66. The van der Waals surface area contributed by atoms with Crippen molar-refractivity contribution in [3.05, 3.63) is 35.4 Å². The van der Waals surface area contributed by atoms with E-state index >= 15 is 0 Å². The minimum atomic E-state index is -0.701. The molecule has 2 heteroatoms. The fourth-order valence-corrected chi connectivity index (χ4v) is 3.47. The van der Waals surface area contributed by atoms with E-state index in [1.54, 1.807) is 0 Å². The summed E-state index contributed by atoms with van der Waals surface area (Å²) in [5.74, 6) is 2.65. The quantitative estimate of drug-likeness (QED) is 0.738. The molecule has 1 aromatic rings. The third kappa shape index (κ3) is 2.05. The number of nitrogens with one attached hydrogen (secondary N) is 1. The van der Waals surface area contributed by atoms with Crippen molar-refractivity contribution in [2.45, 2.75) is 49.8 Å². The van der Waals surface area contributed by atoms with Crippen LogP contribution < -0.4 is 5.32 Å². The van der Waals surface area contributed by atoms with Crippen molar-refractivity contribution in [1.82, 2.24) is 5.32 Å². The van der Waals surface area contributed by atoms with Crippen molar-refractivity contribution in [3.8, 4) is 12.3 Å². The van der Waals surface area contributed by atoms with Gasteiger partial charge in [0.05, 0.1) is 5.60 Å². The summed E-state index contributed by atoms with van der Waals surface area (Å²) >= 11 is 0. The summed E-state index contributed by atoms with van der Waals surface area (Å²) in [6, 6.07) is 8.73. The molecule has 2 atom stereocenters. The zero-order chi connectivity index (χ0) is 12.6. The van der Waals surface area contributed by atoms with Crippen LogP contribution in [0.15, 0.2) is 24.3 Å². The molecule has 2 aliphatic heterocycles. The lowest BCUT2D eigenvalue weighted by Crippen LogP contribution is -2.54. The summed E-state index contributed by atoms with van der Waals surface area (Å²) in [6.45, 7) is 0. The third-order valence-corrected chi connectivity index (χ3v) is 4.31. The first-order chi connectivity index (χ1) is 8.69. The van der Waals surface area contributed by atoms with Crippen LogP contribution >= 0.6 is 0 Å². The maximum Gasteiger partial charge on any atom is 0.0926 e. The van der Waals surface area contributed by atoms with Crippen LogP contribution in [0.5, 0.6) is 0 Å². The van der Waals surface area contributed by atoms with E-state index in [-0.39, 0.29) is 0 Å². The van der Waals surface area contributed by atoms with Gasteiger partial charge >= 0.3 is 0 Å². The Balaban J connectivity index is 1.92. The summed E-state index contributed by atoms with van der Waals surface area (Å²) < 4.78 is 0. The Labute approximate surface area is 108 Å². The zero-order valence-corrected chi connectivity index (χ0v) is 10.5. The molecule has 2 bridgehead atoms. The van der Waals surface area contributed by atoms with Gasteiger partial charge in [-0.25, -0.2) is 0 Å². The first-order valence-corrected chi connectivity index (χ1v) is 6.75. The van der Waals surface area contributed by atoms with Gasteiger partial charge in [0.2, 0.25) is 0 Å². The Morgan fingerprint density at radius 1 is 1.28 bits per heavy atom. The monoisotopic (exact) mass is 241 g/mol. The summed E-state index contributed by atoms with van der Waals surface area (Å²) in [5, 5.41) is 14.6. The molecule has 0 aliphatic carbocycles. The van der Waals surface area contributed by atoms with Gasteiger partial charge in [0.25, 0.3) is 0 Å². The van der Waals surface area contributed by atoms with Crippen molar-refractivity contribution in [2.24, 2.45) is 0 Å². The minimum absolute atomic E-state index is 0.456. The number of benzene rings is 1. The molecule has 0 spiro atoms. The van der Waals surface area contributed by atoms with Gasteiger partial charge < -0.3 is 10.4 Å². The molecule has 3 rings (SSSR count). The van der Waals surface area contributed by atoms with E-state index in [0.29, 0.717) is 12.1 Å². The normalized spacial score (nSPS) is 34.9. The Bertz CT molecular complexity index is 476. The Hall–Kier alpha value is -1.30. The smallest absolute Gasteiger partial charge is 0.0926 e. The summed E-state index contributed by atoms with van der Waals surface area (Å²) in [4.78, 5) is 0. The summed E-state index contributed by atoms with van der Waals surface area (Å²) in [6.07, 6.45) is 10.7. The van der Waals surface area contributed by atoms with E-state index in [9.17, 15) is 5.11 Å². The van der Waals surface area contributed by atoms with Crippen molar-refractivity contribution < 1.29 is 5.11 Å². The molecule has 1 aromatic carbocycles. The molecule has 2 nitrogen and oxygen atoms in total. The number of fused-ring (bicyclic) bond motifs is 2. The van der Waals surface area contributed by atoms with E-state index in [2.05, 4.69) is 11.2 Å². The van der Waals surface area contributed by atoms with Gasteiger partial charge in [-0.2, -0.15) is 0 Å². The molecule has 0 saturated carbocycles. The van der Waals surface area contributed by atoms with E-state index in [1.165, 1.54) is 19.3 Å². The largest absolute Gasteiger partial charge is 0.385 e. The molecular weight excluding hydrogens is 222 g/mol. The average Bonchev–Trinajstić information content (AvgIpc) is 2.38. The van der Waals surface area contributed by atoms with E-state index < -0.39 is 5.60 Å². The molecule has 0 radical (unpaired) electrons. The zero-order valence-electron chi connectivity index (χ0n) is 10.5. The highest BCUT2D eigenvalue weighted by atomic mass is 16.3. The topological polar surface area (TPSA) is 32.3 Å².